The van der Waals surface area contributed by atoms with Crippen molar-refractivity contribution in [3.63, 3.8) is 0 Å². The lowest BCUT2D eigenvalue weighted by Gasteiger charge is -2.23. The van der Waals surface area contributed by atoms with Gasteiger partial charge in [-0.3, -0.25) is 9.59 Å². The highest BCUT2D eigenvalue weighted by Crippen LogP contribution is 2.21. The molecule has 10 nitrogen and oxygen atoms in total. The molecule has 3 amide bonds. The van der Waals surface area contributed by atoms with Crippen LogP contribution in [0.4, 0.5) is 16.2 Å². The lowest BCUT2D eigenvalue weighted by atomic mass is 10.0. The van der Waals surface area contributed by atoms with E-state index in [1.165, 1.54) is 0 Å². The van der Waals surface area contributed by atoms with Gasteiger partial charge in [0.05, 0.1) is 6.61 Å². The molecular weight excluding hydrogens is 500 g/mol. The maximum Gasteiger partial charge on any atom is 0.408 e. The molecule has 1 unspecified atom stereocenters. The average molecular weight is 537 g/mol. The van der Waals surface area contributed by atoms with E-state index in [1.54, 1.807) is 76.2 Å². The first-order chi connectivity index (χ1) is 18.3. The Morgan fingerprint density at radius 1 is 0.897 bits per heavy atom. The first-order valence-electron chi connectivity index (χ1n) is 12.8. The predicted octanol–water partition coefficient (Wildman–Crippen LogP) is 5.01. The van der Waals surface area contributed by atoms with E-state index < -0.39 is 29.6 Å². The summed E-state index contributed by atoms with van der Waals surface area (Å²) in [4.78, 5) is 52.9. The van der Waals surface area contributed by atoms with Crippen LogP contribution < -0.4 is 16.0 Å². The summed E-state index contributed by atoms with van der Waals surface area (Å²) in [5.74, 6) is -1.16. The number of carbonyl (C=O) groups excluding carboxylic acids is 4. The lowest BCUT2D eigenvalue weighted by molar-refractivity contribution is -0.119. The zero-order valence-corrected chi connectivity index (χ0v) is 23.1. The average Bonchev–Trinajstić information content (AvgIpc) is 3.27. The van der Waals surface area contributed by atoms with Crippen LogP contribution >= 0.6 is 0 Å². The highest BCUT2D eigenvalue weighted by Gasteiger charge is 2.25. The molecule has 0 saturated heterocycles. The van der Waals surface area contributed by atoms with E-state index in [4.69, 9.17) is 9.47 Å². The molecular formula is C29H36N4O6. The number of ether oxygens (including phenoxy) is 2. The molecule has 1 atom stereocenters. The van der Waals surface area contributed by atoms with Gasteiger partial charge >= 0.3 is 12.1 Å². The van der Waals surface area contributed by atoms with Gasteiger partial charge in [0, 0.05) is 34.6 Å². The van der Waals surface area contributed by atoms with Crippen LogP contribution in [0.5, 0.6) is 0 Å². The topological polar surface area (TPSA) is 139 Å². The van der Waals surface area contributed by atoms with E-state index in [2.05, 4.69) is 20.9 Å². The number of aromatic nitrogens is 1. The van der Waals surface area contributed by atoms with Gasteiger partial charge in [0.1, 0.15) is 17.3 Å². The Kier molecular flexibility index (Phi) is 9.34. The molecule has 0 aliphatic rings. The monoisotopic (exact) mass is 536 g/mol. The Morgan fingerprint density at radius 2 is 1.54 bits per heavy atom. The molecule has 0 fully saturated rings. The number of fused-ring (bicyclic) bond motifs is 1. The third kappa shape index (κ3) is 8.59. The number of hydrogen-bond acceptors (Lipinski definition) is 6. The second kappa shape index (κ2) is 12.5. The van der Waals surface area contributed by atoms with Gasteiger partial charge in [-0.1, -0.05) is 26.0 Å². The number of alkyl carbamates (subject to hydrolysis) is 1. The normalized spacial score (nSPS) is 12.1. The first kappa shape index (κ1) is 29.2. The quantitative estimate of drug-likeness (QED) is 0.284. The van der Waals surface area contributed by atoms with Crippen LogP contribution in [-0.4, -0.2) is 47.1 Å². The van der Waals surface area contributed by atoms with Crippen molar-refractivity contribution in [2.75, 3.05) is 17.2 Å². The van der Waals surface area contributed by atoms with Crippen molar-refractivity contribution in [2.45, 2.75) is 59.6 Å². The second-order valence-electron chi connectivity index (χ2n) is 10.4. The molecule has 0 spiro atoms. The van der Waals surface area contributed by atoms with Crippen LogP contribution in [0.25, 0.3) is 10.9 Å². The van der Waals surface area contributed by atoms with E-state index in [0.29, 0.717) is 28.0 Å². The van der Waals surface area contributed by atoms with E-state index in [-0.39, 0.29) is 24.9 Å². The molecule has 4 N–H and O–H groups in total. The SMILES string of the molecule is CCOC(=O)c1cc2cc(NC(=O)C(Cc3ccc(NC(=O)C(C)C)cc3)NC(=O)OC(C)(C)C)ccc2[nH]1. The van der Waals surface area contributed by atoms with Crippen molar-refractivity contribution < 1.29 is 28.7 Å². The summed E-state index contributed by atoms with van der Waals surface area (Å²) in [5, 5.41) is 9.04. The van der Waals surface area contributed by atoms with Gasteiger partial charge in [-0.15, -0.1) is 0 Å². The zero-order valence-electron chi connectivity index (χ0n) is 23.1. The van der Waals surface area contributed by atoms with Crippen LogP contribution in [0, 0.1) is 5.92 Å². The van der Waals surface area contributed by atoms with Crippen molar-refractivity contribution in [3.8, 4) is 0 Å². The molecule has 10 heteroatoms. The zero-order chi connectivity index (χ0) is 28.7. The first-order valence-corrected chi connectivity index (χ1v) is 12.8. The largest absolute Gasteiger partial charge is 0.461 e. The molecule has 208 valence electrons. The van der Waals surface area contributed by atoms with Crippen LogP contribution in [0.15, 0.2) is 48.5 Å². The van der Waals surface area contributed by atoms with Gasteiger partial charge < -0.3 is 30.4 Å². The van der Waals surface area contributed by atoms with Crippen molar-refractivity contribution in [2.24, 2.45) is 5.92 Å². The molecule has 0 aliphatic heterocycles. The van der Waals surface area contributed by atoms with Crippen LogP contribution in [0.2, 0.25) is 0 Å². The summed E-state index contributed by atoms with van der Waals surface area (Å²) in [6.45, 7) is 10.8. The van der Waals surface area contributed by atoms with Gasteiger partial charge in [-0.2, -0.15) is 0 Å². The van der Waals surface area contributed by atoms with Gasteiger partial charge in [-0.05, 0) is 69.7 Å². The summed E-state index contributed by atoms with van der Waals surface area (Å²) in [5.41, 5.74) is 2.19. The maximum absolute atomic E-state index is 13.3. The van der Waals surface area contributed by atoms with Crippen LogP contribution in [-0.2, 0) is 25.5 Å². The minimum Gasteiger partial charge on any atom is -0.461 e. The fourth-order valence-corrected chi connectivity index (χ4v) is 3.66. The summed E-state index contributed by atoms with van der Waals surface area (Å²) in [7, 11) is 0. The Hall–Kier alpha value is -4.34. The Bertz CT molecular complexity index is 1340. The number of anilines is 2. The number of rotatable bonds is 9. The minimum absolute atomic E-state index is 0.0969. The molecule has 3 rings (SSSR count). The Morgan fingerprint density at radius 3 is 2.15 bits per heavy atom. The standard InChI is InChI=1S/C29H36N4O6/c1-7-38-27(36)24-16-19-15-21(12-13-22(19)32-24)31-26(35)23(33-28(37)39-29(4,5)6)14-18-8-10-20(11-9-18)30-25(34)17(2)3/h8-13,15-17,23,32H,7,14H2,1-6H3,(H,30,34)(H,31,35)(H,33,37). The van der Waals surface area contributed by atoms with Gasteiger partial charge in [0.2, 0.25) is 11.8 Å². The lowest BCUT2D eigenvalue weighted by Crippen LogP contribution is -2.47. The van der Waals surface area contributed by atoms with Crippen molar-refractivity contribution >= 4 is 46.2 Å². The summed E-state index contributed by atoms with van der Waals surface area (Å²) in [6, 6.07) is 12.9. The van der Waals surface area contributed by atoms with Crippen molar-refractivity contribution in [1.82, 2.24) is 10.3 Å². The van der Waals surface area contributed by atoms with Crippen molar-refractivity contribution in [1.29, 1.82) is 0 Å². The number of benzene rings is 2. The molecule has 3 aromatic rings. The van der Waals surface area contributed by atoms with Gasteiger partial charge in [0.25, 0.3) is 0 Å². The fourth-order valence-electron chi connectivity index (χ4n) is 3.66. The van der Waals surface area contributed by atoms with E-state index in [9.17, 15) is 19.2 Å². The van der Waals surface area contributed by atoms with Gasteiger partial charge in [-0.25, -0.2) is 9.59 Å². The third-order valence-electron chi connectivity index (χ3n) is 5.58. The highest BCUT2D eigenvalue weighted by molar-refractivity contribution is 6.00. The molecule has 0 saturated carbocycles. The van der Waals surface area contributed by atoms with E-state index in [0.717, 1.165) is 5.56 Å². The third-order valence-corrected chi connectivity index (χ3v) is 5.58. The Labute approximate surface area is 227 Å². The number of nitrogens with one attached hydrogen (secondary N) is 4. The number of carbonyl (C=O) groups is 4. The summed E-state index contributed by atoms with van der Waals surface area (Å²) < 4.78 is 10.4. The maximum atomic E-state index is 13.3. The number of hydrogen-bond donors (Lipinski definition) is 4. The highest BCUT2D eigenvalue weighted by atomic mass is 16.6. The van der Waals surface area contributed by atoms with Crippen molar-refractivity contribution in [3.05, 3.63) is 59.8 Å². The molecule has 0 radical (unpaired) electrons. The molecule has 39 heavy (non-hydrogen) atoms. The van der Waals surface area contributed by atoms with E-state index in [1.807, 2.05) is 13.8 Å². The van der Waals surface area contributed by atoms with Crippen LogP contribution in [0.1, 0.15) is 57.6 Å². The summed E-state index contributed by atoms with van der Waals surface area (Å²) in [6.07, 6.45) is -0.535. The number of amides is 3. The van der Waals surface area contributed by atoms with E-state index >= 15 is 0 Å². The summed E-state index contributed by atoms with van der Waals surface area (Å²) >= 11 is 0. The number of H-pyrrole nitrogens is 1. The minimum atomic E-state index is -0.951. The molecule has 0 bridgehead atoms. The predicted molar refractivity (Wildman–Crippen MR) is 150 cm³/mol. The second-order valence-corrected chi connectivity index (χ2v) is 10.4. The Balaban J connectivity index is 1.78. The number of esters is 1. The fraction of sp³-hybridized carbons (Fsp3) is 0.379. The number of aromatic amines is 1. The molecule has 1 heterocycles. The molecule has 0 aliphatic carbocycles. The van der Waals surface area contributed by atoms with Crippen LogP contribution in [0.3, 0.4) is 0 Å². The molecule has 1 aromatic heterocycles. The van der Waals surface area contributed by atoms with Gasteiger partial charge in [0.15, 0.2) is 0 Å². The molecule has 2 aromatic carbocycles. The smallest absolute Gasteiger partial charge is 0.408 e.